The Balaban J connectivity index is 2.29. The maximum absolute atomic E-state index is 4.24. The van der Waals surface area contributed by atoms with Gasteiger partial charge in [-0.3, -0.25) is 0 Å². The lowest BCUT2D eigenvalue weighted by molar-refractivity contribution is 0.731. The number of rotatable bonds is 4. The Bertz CT molecular complexity index is 474. The number of hydrogen-bond donors (Lipinski definition) is 0. The van der Waals surface area contributed by atoms with E-state index in [0.717, 1.165) is 12.3 Å². The minimum Gasteiger partial charge on any atom is -0.140 e. The Kier molecular flexibility index (Phi) is 3.53. The van der Waals surface area contributed by atoms with E-state index in [2.05, 4.69) is 27.4 Å². The zero-order valence-electron chi connectivity index (χ0n) is 10.7. The molecule has 0 aliphatic heterocycles. The highest BCUT2D eigenvalue weighted by Crippen LogP contribution is 2.33. The van der Waals surface area contributed by atoms with Gasteiger partial charge in [-0.05, 0) is 49.8 Å². The Morgan fingerprint density at radius 1 is 1.44 bits per heavy atom. The maximum Gasteiger partial charge on any atom is 0.0331 e. The Morgan fingerprint density at radius 3 is 2.69 bits per heavy atom. The Morgan fingerprint density at radius 2 is 2.12 bits per heavy atom. The van der Waals surface area contributed by atoms with Gasteiger partial charge in [-0.1, -0.05) is 31.9 Å². The van der Waals surface area contributed by atoms with E-state index in [-0.39, 0.29) is 0 Å². The first kappa shape index (κ1) is 11.9. The molecule has 1 aliphatic carbocycles. The summed E-state index contributed by atoms with van der Waals surface area (Å²) in [7, 11) is 0. The molecule has 2 rings (SSSR count). The Labute approximate surface area is 103 Å². The quantitative estimate of drug-likeness (QED) is 0.749. The molecule has 0 aromatic carbocycles. The molecule has 0 radical (unpaired) electrons. The van der Waals surface area contributed by atoms with Crippen molar-refractivity contribution in [1.82, 2.24) is 0 Å². The lowest BCUT2D eigenvalue weighted by Gasteiger charge is -1.97. The molecular weight excluding hydrogens is 212 g/mol. The largest absolute Gasteiger partial charge is 0.140 e. The molecule has 1 aromatic rings. The number of thiophene rings is 1. The molecule has 0 unspecified atom stereocenters. The molecule has 1 heterocycles. The summed E-state index contributed by atoms with van der Waals surface area (Å²) in [5.41, 5.74) is 2.95. The van der Waals surface area contributed by atoms with Gasteiger partial charge < -0.3 is 0 Å². The van der Waals surface area contributed by atoms with E-state index >= 15 is 0 Å². The van der Waals surface area contributed by atoms with Crippen LogP contribution in [0.3, 0.4) is 0 Å². The van der Waals surface area contributed by atoms with Crippen LogP contribution >= 0.6 is 11.3 Å². The van der Waals surface area contributed by atoms with Crippen LogP contribution in [0.25, 0.3) is 12.2 Å². The van der Waals surface area contributed by atoms with Crippen molar-refractivity contribution >= 4 is 23.5 Å². The van der Waals surface area contributed by atoms with E-state index in [0.29, 0.717) is 0 Å². The van der Waals surface area contributed by atoms with E-state index in [9.17, 15) is 0 Å². The summed E-state index contributed by atoms with van der Waals surface area (Å²) >= 11 is 1.99. The van der Waals surface area contributed by atoms with Crippen molar-refractivity contribution in [3.05, 3.63) is 20.2 Å². The molecule has 1 aliphatic rings. The van der Waals surface area contributed by atoms with Crippen LogP contribution in [0, 0.1) is 12.8 Å². The highest BCUT2D eigenvalue weighted by molar-refractivity contribution is 7.10. The van der Waals surface area contributed by atoms with Gasteiger partial charge in [0.1, 0.15) is 0 Å². The minimum absolute atomic E-state index is 1.04. The van der Waals surface area contributed by atoms with Gasteiger partial charge in [-0.25, -0.2) is 0 Å². The molecule has 1 aromatic heterocycles. The summed E-state index contributed by atoms with van der Waals surface area (Å²) in [5.74, 6) is 1.04. The van der Waals surface area contributed by atoms with E-state index < -0.39 is 0 Å². The highest BCUT2D eigenvalue weighted by atomic mass is 32.1. The molecule has 0 bridgehead atoms. The van der Waals surface area contributed by atoms with Gasteiger partial charge in [0, 0.05) is 9.41 Å². The third-order valence-electron chi connectivity index (χ3n) is 3.76. The van der Waals surface area contributed by atoms with Gasteiger partial charge in [-0.2, -0.15) is 0 Å². The zero-order valence-corrected chi connectivity index (χ0v) is 11.5. The molecule has 1 fully saturated rings. The molecule has 0 spiro atoms. The molecule has 88 valence electrons. The normalized spacial score (nSPS) is 17.7. The fraction of sp³-hybridized carbons (Fsp3) is 0.600. The van der Waals surface area contributed by atoms with Crippen LogP contribution in [0.15, 0.2) is 0 Å². The molecule has 0 amide bonds. The van der Waals surface area contributed by atoms with Crippen LogP contribution < -0.4 is 9.75 Å². The second-order valence-corrected chi connectivity index (χ2v) is 6.18. The summed E-state index contributed by atoms with van der Waals surface area (Å²) in [6.07, 6.45) is 6.75. The molecule has 1 saturated carbocycles. The lowest BCUT2D eigenvalue weighted by Crippen LogP contribution is -2.20. The summed E-state index contributed by atoms with van der Waals surface area (Å²) in [6.45, 7) is 11.0. The van der Waals surface area contributed by atoms with Gasteiger partial charge in [0.2, 0.25) is 0 Å². The SMILES string of the molecule is C=c1c(C)c(CCC2CC2)s/c1=C(\C)CC. The highest BCUT2D eigenvalue weighted by Gasteiger charge is 2.21. The molecule has 1 heteroatoms. The molecule has 0 atom stereocenters. The van der Waals surface area contributed by atoms with Crippen molar-refractivity contribution in [2.24, 2.45) is 5.92 Å². The first-order valence-corrected chi connectivity index (χ1v) is 7.22. The fourth-order valence-electron chi connectivity index (χ4n) is 2.09. The van der Waals surface area contributed by atoms with Gasteiger partial charge in [0.15, 0.2) is 0 Å². The first-order chi connectivity index (χ1) is 7.63. The van der Waals surface area contributed by atoms with Crippen molar-refractivity contribution < 1.29 is 0 Å². The zero-order chi connectivity index (χ0) is 11.7. The fourth-order valence-corrected chi connectivity index (χ4v) is 3.42. The minimum atomic E-state index is 1.04. The van der Waals surface area contributed by atoms with Crippen molar-refractivity contribution in [2.45, 2.75) is 52.9 Å². The van der Waals surface area contributed by atoms with E-state index in [1.807, 2.05) is 11.3 Å². The number of hydrogen-bond acceptors (Lipinski definition) is 1. The first-order valence-electron chi connectivity index (χ1n) is 6.40. The van der Waals surface area contributed by atoms with Crippen LogP contribution in [0.1, 0.15) is 50.0 Å². The summed E-state index contributed by atoms with van der Waals surface area (Å²) in [5, 5.41) is 1.29. The smallest absolute Gasteiger partial charge is 0.0331 e. The average Bonchev–Trinajstić information content (AvgIpc) is 3.06. The van der Waals surface area contributed by atoms with Crippen molar-refractivity contribution in [1.29, 1.82) is 0 Å². The van der Waals surface area contributed by atoms with Gasteiger partial charge in [0.05, 0.1) is 0 Å². The molecule has 16 heavy (non-hydrogen) atoms. The lowest BCUT2D eigenvalue weighted by atomic mass is 10.1. The Hall–Kier alpha value is -0.560. The van der Waals surface area contributed by atoms with Crippen molar-refractivity contribution in [2.75, 3.05) is 0 Å². The predicted octanol–water partition coefficient (Wildman–Crippen LogP) is 3.39. The van der Waals surface area contributed by atoms with Gasteiger partial charge in [-0.15, -0.1) is 11.3 Å². The van der Waals surface area contributed by atoms with Gasteiger partial charge in [0.25, 0.3) is 0 Å². The monoisotopic (exact) mass is 234 g/mol. The standard InChI is InChI=1S/C15H22S/c1-5-10(2)15-12(4)11(3)14(16-15)9-8-13-6-7-13/h13H,4-9H2,1-3H3/b15-10+. The second kappa shape index (κ2) is 4.75. The topological polar surface area (TPSA) is 0 Å². The predicted molar refractivity (Wildman–Crippen MR) is 74.2 cm³/mol. The van der Waals surface area contributed by atoms with Crippen LogP contribution in [0.5, 0.6) is 0 Å². The van der Waals surface area contributed by atoms with Crippen molar-refractivity contribution in [3.63, 3.8) is 0 Å². The van der Waals surface area contributed by atoms with Crippen molar-refractivity contribution in [3.8, 4) is 0 Å². The second-order valence-electron chi connectivity index (χ2n) is 5.07. The third kappa shape index (κ3) is 2.40. The molecule has 0 N–H and O–H groups in total. The maximum atomic E-state index is 4.24. The van der Waals surface area contributed by atoms with E-state index in [1.165, 1.54) is 46.6 Å². The average molecular weight is 234 g/mol. The van der Waals surface area contributed by atoms with Crippen LogP contribution in [-0.4, -0.2) is 0 Å². The van der Waals surface area contributed by atoms with E-state index in [4.69, 9.17) is 0 Å². The number of aryl methyl sites for hydroxylation is 1. The van der Waals surface area contributed by atoms with E-state index in [1.54, 1.807) is 4.88 Å². The molecule has 0 saturated heterocycles. The summed E-state index contributed by atoms with van der Waals surface area (Å²) in [6, 6.07) is 0. The third-order valence-corrected chi connectivity index (χ3v) is 5.32. The van der Waals surface area contributed by atoms with Crippen LogP contribution in [0.4, 0.5) is 0 Å². The van der Waals surface area contributed by atoms with Crippen LogP contribution in [0.2, 0.25) is 0 Å². The molecule has 0 nitrogen and oxygen atoms in total. The summed E-state index contributed by atoms with van der Waals surface area (Å²) < 4.78 is 1.45. The van der Waals surface area contributed by atoms with Gasteiger partial charge >= 0.3 is 0 Å². The van der Waals surface area contributed by atoms with Crippen LogP contribution in [-0.2, 0) is 6.42 Å². The summed E-state index contributed by atoms with van der Waals surface area (Å²) in [4.78, 5) is 1.58. The molecular formula is C15H22S.